The molecule has 0 aliphatic carbocycles. The number of ether oxygens (including phenoxy) is 1. The molecule has 0 unspecified atom stereocenters. The number of carbonyl (C=O) groups is 12. The number of hydrogen-bond acceptors (Lipinski definition) is 19. The first-order chi connectivity index (χ1) is 42.4. The number of nitrogens with one attached hydrogen (secondary N) is 10. The molecule has 32 nitrogen and oxygen atoms in total. The zero-order chi connectivity index (χ0) is 69.4. The second kappa shape index (κ2) is 37.3. The van der Waals surface area contributed by atoms with Gasteiger partial charge in [-0.05, 0) is 81.1 Å². The molecule has 11 amide bonds. The van der Waals surface area contributed by atoms with Crippen molar-refractivity contribution in [2.75, 3.05) is 19.7 Å². The fraction of sp³-hybridized carbons (Fsp3) is 0.678. The molecule has 15 atom stereocenters. The van der Waals surface area contributed by atoms with Crippen molar-refractivity contribution in [1.29, 1.82) is 0 Å². The number of amides is 11. The minimum atomic E-state index is -2.58. The molecule has 1 aliphatic rings. The van der Waals surface area contributed by atoms with Gasteiger partial charge < -0.3 is 101 Å². The molecule has 0 aromatic heterocycles. The van der Waals surface area contributed by atoms with Gasteiger partial charge in [0.2, 0.25) is 65.0 Å². The predicted molar refractivity (Wildman–Crippen MR) is 331 cm³/mol. The number of rotatable bonds is 23. The summed E-state index contributed by atoms with van der Waals surface area (Å²) in [5.74, 6) is -17.3. The minimum Gasteiger partial charge on any atom is -0.453 e. The molecule has 0 saturated carbocycles. The van der Waals surface area contributed by atoms with E-state index in [-0.39, 0.29) is 74.3 Å². The van der Waals surface area contributed by atoms with Crippen LogP contribution < -0.4 is 76.1 Å². The third-order valence-electron chi connectivity index (χ3n) is 14.7. The second-order valence-corrected chi connectivity index (χ2v) is 24.8. The van der Waals surface area contributed by atoms with Crippen LogP contribution in [0.5, 0.6) is 0 Å². The van der Waals surface area contributed by atoms with Gasteiger partial charge in [-0.1, -0.05) is 106 Å². The summed E-state index contributed by atoms with van der Waals surface area (Å²) in [7, 11) is 0. The Morgan fingerprint density at radius 2 is 1.23 bits per heavy atom. The molecule has 32 heteroatoms. The fourth-order valence-corrected chi connectivity index (χ4v) is 9.62. The Labute approximate surface area is 530 Å². The molecular weight excluding hydrogens is 1190 g/mol. The van der Waals surface area contributed by atoms with Crippen molar-refractivity contribution in [2.24, 2.45) is 57.5 Å². The van der Waals surface area contributed by atoms with Crippen molar-refractivity contribution in [2.45, 2.75) is 206 Å². The zero-order valence-corrected chi connectivity index (χ0v) is 54.0. The summed E-state index contributed by atoms with van der Waals surface area (Å²) in [5.41, 5.74) is 21.3. The molecule has 512 valence electrons. The number of benzene rings is 1. The normalized spacial score (nSPS) is 24.9. The average Bonchev–Trinajstić information content (AvgIpc) is 1.45. The lowest BCUT2D eigenvalue weighted by molar-refractivity contribution is -0.159. The van der Waals surface area contributed by atoms with Gasteiger partial charge in [0.05, 0.1) is 30.9 Å². The van der Waals surface area contributed by atoms with Crippen molar-refractivity contribution in [3.8, 4) is 0 Å². The van der Waals surface area contributed by atoms with Crippen molar-refractivity contribution in [3.63, 3.8) is 0 Å². The standard InChI is InChI=1S/C59H99N15O17/c1-13-31(10)39-52(85)72-40(32(11)76)51(84)65-25-38(77)70-42(45(79)47(60)80)54(87)68-37(26-75)56(89)91-46(33-18-15-14-16-19-33)43(74-50(83)36(23-28(4)5)69-57(90)59(12,63)24-29(6)7)55(88)73-41(44(78)30(8)9)53(86)67-35(22-27(2)3)49(82)66-34(48(81)71-39)20-17-21-64-58(61)62/h14-16,18-19,27-32,34-37,39-46,75-76,78-79H,13,17,20-26,63H2,1-12H3,(H2,60,80)(H,65,84)(H,66,82)(H,67,86)(H,68,87)(H,69,90)(H,70,77)(H,71,81)(H,72,85)(H,73,88)(H,74,83)(H4,61,62,64)/t31-,32-,34+,35-,36-,37-,39-,40-,41-,42-,43-,44+,45-,46+,59-/m0/s1. The van der Waals surface area contributed by atoms with Crippen LogP contribution in [0.1, 0.15) is 133 Å². The van der Waals surface area contributed by atoms with Gasteiger partial charge in [-0.25, -0.2) is 4.79 Å². The smallest absolute Gasteiger partial charge is 0.331 e. The van der Waals surface area contributed by atoms with Crippen LogP contribution in [-0.4, -0.2) is 195 Å². The van der Waals surface area contributed by atoms with E-state index in [0.717, 1.165) is 6.92 Å². The Hall–Kier alpha value is -8.07. The van der Waals surface area contributed by atoms with Gasteiger partial charge in [0.15, 0.2) is 24.2 Å². The molecule has 1 saturated heterocycles. The second-order valence-electron chi connectivity index (χ2n) is 24.8. The zero-order valence-electron chi connectivity index (χ0n) is 54.0. The third kappa shape index (κ3) is 25.6. The minimum absolute atomic E-state index is 0.0455. The number of aliphatic imine (C=N–C) groups is 1. The van der Waals surface area contributed by atoms with Crippen LogP contribution in [0.4, 0.5) is 0 Å². The first-order valence-electron chi connectivity index (χ1n) is 30.4. The first kappa shape index (κ1) is 79.0. The van der Waals surface area contributed by atoms with Crippen LogP contribution in [0.15, 0.2) is 35.3 Å². The lowest BCUT2D eigenvalue weighted by Gasteiger charge is -2.34. The number of nitrogens with two attached hydrogens (primary N) is 4. The Morgan fingerprint density at radius 1 is 0.681 bits per heavy atom. The lowest BCUT2D eigenvalue weighted by atomic mass is 9.90. The SMILES string of the molecule is CC[C@H](C)[C@@H]1NC(=O)[C@@H](CCCN=C(N)N)NC(=O)[C@H](CC(C)C)NC(=O)[C@H]([C@H](O)C(C)C)NC(=O)[C@@H](NC(=O)[C@H](CC(C)C)NC(=O)[C@@](C)(N)CC(C)C)[C@@H](c2ccccc2)OC(=O)[C@H](CO)NC(=O)[C@H]([C@H](O)C(N)=O)NC(=O)CNC(=O)[C@H]([C@H](C)O)NC1=O. The summed E-state index contributed by atoms with van der Waals surface area (Å²) in [6, 6.07) is -9.68. The van der Waals surface area contributed by atoms with Crippen LogP contribution in [-0.2, 0) is 62.3 Å². The summed E-state index contributed by atoms with van der Waals surface area (Å²) >= 11 is 0. The van der Waals surface area contributed by atoms with Crippen molar-refractivity contribution >= 4 is 76.9 Å². The monoisotopic (exact) mass is 1290 g/mol. The summed E-state index contributed by atoms with van der Waals surface area (Å²) in [5, 5.41) is 68.2. The topological polar surface area (TPSA) is 532 Å². The molecular formula is C59H99N15O17. The molecule has 1 fully saturated rings. The molecule has 0 bridgehead atoms. The maximum atomic E-state index is 15.4. The molecule has 1 aromatic carbocycles. The highest BCUT2D eigenvalue weighted by molar-refractivity contribution is 6.00. The first-order valence-corrected chi connectivity index (χ1v) is 30.4. The van der Waals surface area contributed by atoms with E-state index < -0.39 is 180 Å². The van der Waals surface area contributed by atoms with Crippen LogP contribution in [0.2, 0.25) is 0 Å². The molecule has 1 heterocycles. The largest absolute Gasteiger partial charge is 0.453 e. The number of guanidine groups is 1. The maximum absolute atomic E-state index is 15.4. The Bertz CT molecular complexity index is 2690. The van der Waals surface area contributed by atoms with E-state index in [2.05, 4.69) is 47.5 Å². The highest BCUT2D eigenvalue weighted by Gasteiger charge is 2.44. The fourth-order valence-electron chi connectivity index (χ4n) is 9.62. The molecule has 91 heavy (non-hydrogen) atoms. The Kier molecular flexibility index (Phi) is 32.4. The molecule has 1 aliphatic heterocycles. The molecule has 0 spiro atoms. The van der Waals surface area contributed by atoms with Gasteiger partial charge in [0.25, 0.3) is 0 Å². The molecule has 2 rings (SSSR count). The number of aliphatic hydroxyl groups excluding tert-OH is 4. The summed E-state index contributed by atoms with van der Waals surface area (Å²) in [6.45, 7) is 16.8. The van der Waals surface area contributed by atoms with Gasteiger partial charge in [-0.15, -0.1) is 0 Å². The van der Waals surface area contributed by atoms with Crippen LogP contribution >= 0.6 is 0 Å². The van der Waals surface area contributed by atoms with Gasteiger partial charge >= 0.3 is 5.97 Å². The highest BCUT2D eigenvalue weighted by atomic mass is 16.5. The molecule has 0 radical (unpaired) electrons. The number of carbonyl (C=O) groups excluding carboxylic acids is 12. The van der Waals surface area contributed by atoms with E-state index in [4.69, 9.17) is 27.7 Å². The summed E-state index contributed by atoms with van der Waals surface area (Å²) < 4.78 is 5.94. The van der Waals surface area contributed by atoms with E-state index in [1.54, 1.807) is 41.5 Å². The predicted octanol–water partition coefficient (Wildman–Crippen LogP) is -5.04. The number of cyclic esters (lactones) is 1. The van der Waals surface area contributed by atoms with E-state index in [9.17, 15) is 73.2 Å². The summed E-state index contributed by atoms with van der Waals surface area (Å²) in [4.78, 5) is 174. The van der Waals surface area contributed by atoms with Crippen LogP contribution in [0.25, 0.3) is 0 Å². The van der Waals surface area contributed by atoms with E-state index in [0.29, 0.717) is 0 Å². The van der Waals surface area contributed by atoms with Crippen molar-refractivity contribution < 1.29 is 82.7 Å². The highest BCUT2D eigenvalue weighted by Crippen LogP contribution is 2.25. The van der Waals surface area contributed by atoms with E-state index in [1.807, 2.05) is 24.5 Å². The van der Waals surface area contributed by atoms with Gasteiger partial charge in [0, 0.05) is 6.54 Å². The number of primary amides is 1. The Morgan fingerprint density at radius 3 is 1.76 bits per heavy atom. The number of esters is 1. The maximum Gasteiger partial charge on any atom is 0.331 e. The third-order valence-corrected chi connectivity index (χ3v) is 14.7. The van der Waals surface area contributed by atoms with Crippen LogP contribution in [0.3, 0.4) is 0 Å². The summed E-state index contributed by atoms with van der Waals surface area (Å²) in [6.07, 6.45) is -8.10. The average molecular weight is 1290 g/mol. The lowest BCUT2D eigenvalue weighted by Crippen LogP contribution is -2.64. The van der Waals surface area contributed by atoms with Crippen molar-refractivity contribution in [1.82, 2.24) is 53.2 Å². The van der Waals surface area contributed by atoms with Gasteiger partial charge in [-0.3, -0.25) is 57.7 Å². The number of aliphatic hydroxyl groups is 4. The van der Waals surface area contributed by atoms with Gasteiger partial charge in [-0.2, -0.15) is 0 Å². The van der Waals surface area contributed by atoms with Crippen molar-refractivity contribution in [3.05, 3.63) is 35.9 Å². The van der Waals surface area contributed by atoms with E-state index >= 15 is 4.79 Å². The molecule has 1 aromatic rings. The number of nitrogens with zero attached hydrogens (tertiary/aromatic N) is 1. The van der Waals surface area contributed by atoms with E-state index in [1.165, 1.54) is 51.1 Å². The number of hydrogen-bond donors (Lipinski definition) is 18. The van der Waals surface area contributed by atoms with Gasteiger partial charge in [0.1, 0.15) is 48.3 Å². The molecule has 22 N–H and O–H groups in total. The Balaban J connectivity index is 3.15. The van der Waals surface area contributed by atoms with Crippen LogP contribution in [0, 0.1) is 29.6 Å². The quantitative estimate of drug-likeness (QED) is 0.0211.